The first-order valence-electron chi connectivity index (χ1n) is 6.72. The van der Waals surface area contributed by atoms with Crippen molar-refractivity contribution in [3.05, 3.63) is 18.2 Å². The first-order chi connectivity index (χ1) is 9.84. The number of carboxylic acids is 1. The zero-order valence-corrected chi connectivity index (χ0v) is 12.5. The molecule has 0 aliphatic heterocycles. The molecule has 8 nitrogen and oxygen atoms in total. The van der Waals surface area contributed by atoms with Gasteiger partial charge in [-0.15, -0.1) is 0 Å². The molecular formula is C13H22N4O4. The molecule has 8 heteroatoms. The lowest BCUT2D eigenvalue weighted by Gasteiger charge is -2.25. The fraction of sp³-hybridized carbons (Fsp3) is 0.615. The van der Waals surface area contributed by atoms with Crippen LogP contribution in [0, 0.1) is 0 Å². The van der Waals surface area contributed by atoms with Crippen LogP contribution in [0.2, 0.25) is 0 Å². The van der Waals surface area contributed by atoms with Gasteiger partial charge < -0.3 is 25.5 Å². The zero-order chi connectivity index (χ0) is 15.9. The molecule has 0 fully saturated rings. The van der Waals surface area contributed by atoms with Gasteiger partial charge in [0.25, 0.3) is 0 Å². The minimum atomic E-state index is -1.11. The second kappa shape index (κ2) is 7.63. The van der Waals surface area contributed by atoms with Crippen LogP contribution in [0.4, 0.5) is 4.79 Å². The molecule has 0 saturated carbocycles. The third-order valence-corrected chi connectivity index (χ3v) is 2.79. The third-order valence-electron chi connectivity index (χ3n) is 2.79. The number of carbonyl (C=O) groups is 2. The predicted molar refractivity (Wildman–Crippen MR) is 76.0 cm³/mol. The number of amides is 2. The quantitative estimate of drug-likeness (QED) is 0.558. The van der Waals surface area contributed by atoms with E-state index >= 15 is 0 Å². The molecule has 118 valence electrons. The summed E-state index contributed by atoms with van der Waals surface area (Å²) in [6, 6.07) is -1.57. The fourth-order valence-corrected chi connectivity index (χ4v) is 1.76. The molecule has 1 atom stereocenters. The van der Waals surface area contributed by atoms with Crippen LogP contribution in [0.25, 0.3) is 0 Å². The topological polar surface area (TPSA) is 116 Å². The lowest BCUT2D eigenvalue weighted by molar-refractivity contribution is -0.139. The van der Waals surface area contributed by atoms with Crippen molar-refractivity contribution in [1.29, 1.82) is 0 Å². The number of nitrogens with one attached hydrogen (secondary N) is 3. The lowest BCUT2D eigenvalue weighted by Crippen LogP contribution is -2.50. The van der Waals surface area contributed by atoms with Gasteiger partial charge in [0.05, 0.1) is 11.9 Å². The second-order valence-corrected chi connectivity index (χ2v) is 5.19. The van der Waals surface area contributed by atoms with Gasteiger partial charge in [-0.1, -0.05) is 0 Å². The molecule has 0 aromatic carbocycles. The van der Waals surface area contributed by atoms with Crippen LogP contribution >= 0.6 is 0 Å². The Morgan fingerprint density at radius 3 is 2.76 bits per heavy atom. The number of carbonyl (C=O) groups excluding carboxylic acids is 1. The van der Waals surface area contributed by atoms with E-state index in [9.17, 15) is 9.59 Å². The summed E-state index contributed by atoms with van der Waals surface area (Å²) >= 11 is 0. The lowest BCUT2D eigenvalue weighted by atomic mass is 10.1. The van der Waals surface area contributed by atoms with Crippen molar-refractivity contribution in [2.45, 2.75) is 38.8 Å². The fourth-order valence-electron chi connectivity index (χ4n) is 1.76. The van der Waals surface area contributed by atoms with Crippen molar-refractivity contribution in [3.63, 3.8) is 0 Å². The number of H-pyrrole nitrogens is 1. The maximum atomic E-state index is 11.8. The Hall–Kier alpha value is -2.09. The van der Waals surface area contributed by atoms with E-state index in [1.165, 1.54) is 12.5 Å². The number of aliphatic carboxylic acids is 1. The van der Waals surface area contributed by atoms with Crippen molar-refractivity contribution >= 4 is 12.0 Å². The molecule has 21 heavy (non-hydrogen) atoms. The first kappa shape index (κ1) is 17.0. The molecule has 0 aliphatic carbocycles. The summed E-state index contributed by atoms with van der Waals surface area (Å²) in [6.45, 7) is 6.37. The minimum absolute atomic E-state index is 0.137. The molecule has 1 aromatic heterocycles. The van der Waals surface area contributed by atoms with Crippen LogP contribution in [0.3, 0.4) is 0 Å². The number of nitrogens with zero attached hydrogens (tertiary/aromatic N) is 1. The summed E-state index contributed by atoms with van der Waals surface area (Å²) < 4.78 is 5.45. The van der Waals surface area contributed by atoms with E-state index in [2.05, 4.69) is 20.6 Å². The van der Waals surface area contributed by atoms with E-state index in [4.69, 9.17) is 9.84 Å². The highest BCUT2D eigenvalue weighted by Gasteiger charge is 2.23. The average molecular weight is 298 g/mol. The van der Waals surface area contributed by atoms with Crippen molar-refractivity contribution in [1.82, 2.24) is 20.6 Å². The highest BCUT2D eigenvalue weighted by Crippen LogP contribution is 2.06. The van der Waals surface area contributed by atoms with Gasteiger partial charge in [0, 0.05) is 31.5 Å². The Morgan fingerprint density at radius 2 is 2.24 bits per heavy atom. The van der Waals surface area contributed by atoms with Gasteiger partial charge in [0.2, 0.25) is 0 Å². The van der Waals surface area contributed by atoms with Crippen LogP contribution in [-0.2, 0) is 16.0 Å². The van der Waals surface area contributed by atoms with Crippen LogP contribution in [0.5, 0.6) is 0 Å². The summed E-state index contributed by atoms with van der Waals surface area (Å²) in [5.41, 5.74) is 0.131. The number of urea groups is 1. The first-order valence-corrected chi connectivity index (χ1v) is 6.72. The smallest absolute Gasteiger partial charge is 0.326 e. The Balaban J connectivity index is 2.48. The molecular weight excluding hydrogens is 276 g/mol. The van der Waals surface area contributed by atoms with Crippen LogP contribution in [0.15, 0.2) is 12.5 Å². The van der Waals surface area contributed by atoms with E-state index in [1.807, 2.05) is 20.8 Å². The van der Waals surface area contributed by atoms with Crippen molar-refractivity contribution in [2.24, 2.45) is 0 Å². The molecule has 0 bridgehead atoms. The number of ether oxygens (including phenoxy) is 1. The van der Waals surface area contributed by atoms with Crippen molar-refractivity contribution in [3.8, 4) is 0 Å². The molecule has 1 aromatic rings. The van der Waals surface area contributed by atoms with Gasteiger partial charge in [-0.3, -0.25) is 0 Å². The number of aromatic nitrogens is 2. The molecule has 0 saturated heterocycles. The number of rotatable bonds is 8. The van der Waals surface area contributed by atoms with Crippen molar-refractivity contribution < 1.29 is 19.4 Å². The molecule has 1 heterocycles. The van der Waals surface area contributed by atoms with Gasteiger partial charge in [0.1, 0.15) is 6.04 Å². The largest absolute Gasteiger partial charge is 0.480 e. The SMILES string of the molecule is CCOC(C)(C)CNC(=O)N[C@H](Cc1cnc[nH]1)C(=O)O. The van der Waals surface area contributed by atoms with Crippen LogP contribution in [0.1, 0.15) is 26.5 Å². The van der Waals surface area contributed by atoms with Gasteiger partial charge in [0.15, 0.2) is 0 Å². The Labute approximate surface area is 123 Å². The van der Waals surface area contributed by atoms with Gasteiger partial charge >= 0.3 is 12.0 Å². The maximum absolute atomic E-state index is 11.8. The Morgan fingerprint density at radius 1 is 1.52 bits per heavy atom. The number of aromatic amines is 1. The minimum Gasteiger partial charge on any atom is -0.480 e. The monoisotopic (exact) mass is 298 g/mol. The number of carboxylic acid groups (broad SMARTS) is 1. The van der Waals surface area contributed by atoms with E-state index < -0.39 is 23.6 Å². The second-order valence-electron chi connectivity index (χ2n) is 5.19. The average Bonchev–Trinajstić information content (AvgIpc) is 2.88. The molecule has 1 rings (SSSR count). The molecule has 4 N–H and O–H groups in total. The molecule has 0 spiro atoms. The Kier molecular flexibility index (Phi) is 6.16. The van der Waals surface area contributed by atoms with Gasteiger partial charge in [-0.25, -0.2) is 14.6 Å². The van der Waals surface area contributed by atoms with Crippen LogP contribution < -0.4 is 10.6 Å². The molecule has 0 unspecified atom stereocenters. The normalized spacial score (nSPS) is 12.7. The number of imidazole rings is 1. The standard InChI is InChI=1S/C13H22N4O4/c1-4-21-13(2,3)7-15-12(20)17-10(11(18)19)5-9-6-14-8-16-9/h6,8,10H,4-5,7H2,1-3H3,(H,14,16)(H,18,19)(H2,15,17,20)/t10-/m1/s1. The highest BCUT2D eigenvalue weighted by molar-refractivity contribution is 5.82. The van der Waals surface area contributed by atoms with Crippen LogP contribution in [-0.4, -0.2) is 51.9 Å². The number of hydrogen-bond acceptors (Lipinski definition) is 4. The summed E-state index contributed by atoms with van der Waals surface area (Å²) in [7, 11) is 0. The molecule has 0 radical (unpaired) electrons. The summed E-state index contributed by atoms with van der Waals surface area (Å²) in [6.07, 6.45) is 3.12. The molecule has 2 amide bonds. The maximum Gasteiger partial charge on any atom is 0.326 e. The highest BCUT2D eigenvalue weighted by atomic mass is 16.5. The van der Waals surface area contributed by atoms with Gasteiger partial charge in [-0.2, -0.15) is 0 Å². The predicted octanol–water partition coefficient (Wildman–Crippen LogP) is 0.520. The van der Waals surface area contributed by atoms with E-state index in [0.717, 1.165) is 0 Å². The van der Waals surface area contributed by atoms with E-state index in [0.29, 0.717) is 12.3 Å². The Bertz CT molecular complexity index is 459. The summed E-state index contributed by atoms with van der Waals surface area (Å²) in [4.78, 5) is 29.5. The van der Waals surface area contributed by atoms with E-state index in [-0.39, 0.29) is 13.0 Å². The van der Waals surface area contributed by atoms with Crippen molar-refractivity contribution in [2.75, 3.05) is 13.2 Å². The summed E-state index contributed by atoms with van der Waals surface area (Å²) in [5.74, 6) is -1.11. The summed E-state index contributed by atoms with van der Waals surface area (Å²) in [5, 5.41) is 14.2. The third kappa shape index (κ3) is 6.26. The van der Waals surface area contributed by atoms with E-state index in [1.54, 1.807) is 0 Å². The van der Waals surface area contributed by atoms with Gasteiger partial charge in [-0.05, 0) is 20.8 Å². The zero-order valence-electron chi connectivity index (χ0n) is 12.5. The number of hydrogen-bond donors (Lipinski definition) is 4. The molecule has 0 aliphatic rings.